The van der Waals surface area contributed by atoms with Crippen LogP contribution in [0.2, 0.25) is 0 Å². The molecule has 3 rings (SSSR count). The zero-order valence-corrected chi connectivity index (χ0v) is 17.2. The van der Waals surface area contributed by atoms with E-state index in [1.54, 1.807) is 6.07 Å². The molecule has 27 heavy (non-hydrogen) atoms. The van der Waals surface area contributed by atoms with Crippen LogP contribution in [-0.2, 0) is 28.7 Å². The second-order valence-electron chi connectivity index (χ2n) is 6.66. The molecule has 2 N–H and O–H groups in total. The SMILES string of the molecule is CCn1c(SCc2nc(CCC(C)C)no2)nc2cc(S(N)(=O)=O)ccc21. The highest BCUT2D eigenvalue weighted by Crippen LogP contribution is 2.27. The first-order valence-corrected chi connectivity index (χ1v) is 11.3. The van der Waals surface area contributed by atoms with Crippen molar-refractivity contribution >= 4 is 32.8 Å². The van der Waals surface area contributed by atoms with Crippen molar-refractivity contribution in [3.8, 4) is 0 Å². The van der Waals surface area contributed by atoms with Gasteiger partial charge in [-0.05, 0) is 37.5 Å². The molecule has 0 amide bonds. The van der Waals surface area contributed by atoms with Crippen LogP contribution < -0.4 is 5.14 Å². The smallest absolute Gasteiger partial charge is 0.238 e. The highest BCUT2D eigenvalue weighted by Gasteiger charge is 2.16. The summed E-state index contributed by atoms with van der Waals surface area (Å²) in [5.41, 5.74) is 1.45. The lowest BCUT2D eigenvalue weighted by Gasteiger charge is -2.04. The first-order chi connectivity index (χ1) is 12.8. The van der Waals surface area contributed by atoms with Gasteiger partial charge in [-0.2, -0.15) is 4.98 Å². The van der Waals surface area contributed by atoms with Gasteiger partial charge in [-0.15, -0.1) is 0 Å². The molecule has 8 nitrogen and oxygen atoms in total. The normalized spacial score (nSPS) is 12.3. The number of aryl methyl sites for hydroxylation is 2. The van der Waals surface area contributed by atoms with Crippen molar-refractivity contribution in [3.05, 3.63) is 29.9 Å². The summed E-state index contributed by atoms with van der Waals surface area (Å²) in [5.74, 6) is 2.37. The van der Waals surface area contributed by atoms with Crippen molar-refractivity contribution in [1.29, 1.82) is 0 Å². The topological polar surface area (TPSA) is 117 Å². The van der Waals surface area contributed by atoms with Gasteiger partial charge in [0.05, 0.1) is 21.7 Å². The lowest BCUT2D eigenvalue weighted by Crippen LogP contribution is -2.11. The summed E-state index contributed by atoms with van der Waals surface area (Å²) in [5, 5.41) is 9.99. The molecule has 0 aliphatic heterocycles. The predicted molar refractivity (Wildman–Crippen MR) is 104 cm³/mol. The lowest BCUT2D eigenvalue weighted by atomic mass is 10.1. The van der Waals surface area contributed by atoms with Crippen LogP contribution in [0.25, 0.3) is 11.0 Å². The number of benzene rings is 1. The number of thioether (sulfide) groups is 1. The minimum absolute atomic E-state index is 0.0546. The van der Waals surface area contributed by atoms with Crippen molar-refractivity contribution in [3.63, 3.8) is 0 Å². The molecule has 0 saturated heterocycles. The van der Waals surface area contributed by atoms with E-state index >= 15 is 0 Å². The molecular weight excluding hydrogens is 386 g/mol. The summed E-state index contributed by atoms with van der Waals surface area (Å²) < 4.78 is 30.4. The molecule has 10 heteroatoms. The third-order valence-electron chi connectivity index (χ3n) is 4.11. The number of primary sulfonamides is 1. The molecule has 0 radical (unpaired) electrons. The zero-order chi connectivity index (χ0) is 19.6. The van der Waals surface area contributed by atoms with Gasteiger partial charge in [0.25, 0.3) is 0 Å². The number of aromatic nitrogens is 4. The molecule has 146 valence electrons. The first-order valence-electron chi connectivity index (χ1n) is 8.75. The maximum Gasteiger partial charge on any atom is 0.238 e. The Labute approximate surface area is 162 Å². The third kappa shape index (κ3) is 4.69. The van der Waals surface area contributed by atoms with E-state index < -0.39 is 10.0 Å². The second-order valence-corrected chi connectivity index (χ2v) is 9.16. The van der Waals surface area contributed by atoms with Crippen molar-refractivity contribution in [2.75, 3.05) is 0 Å². The van der Waals surface area contributed by atoms with Gasteiger partial charge < -0.3 is 9.09 Å². The Balaban J connectivity index is 1.78. The molecule has 0 atom stereocenters. The van der Waals surface area contributed by atoms with Crippen molar-refractivity contribution < 1.29 is 12.9 Å². The molecule has 0 bridgehead atoms. The Morgan fingerprint density at radius 2 is 2.07 bits per heavy atom. The van der Waals surface area contributed by atoms with Crippen LogP contribution in [0.1, 0.15) is 38.9 Å². The lowest BCUT2D eigenvalue weighted by molar-refractivity contribution is 0.383. The Bertz CT molecular complexity index is 1040. The van der Waals surface area contributed by atoms with Gasteiger partial charge in [-0.3, -0.25) is 0 Å². The Kier molecular flexibility index (Phi) is 5.87. The molecule has 3 aromatic rings. The van der Waals surface area contributed by atoms with E-state index in [2.05, 4.69) is 29.0 Å². The summed E-state index contributed by atoms with van der Waals surface area (Å²) in [6, 6.07) is 4.73. The molecule has 2 aromatic heterocycles. The van der Waals surface area contributed by atoms with Crippen LogP contribution in [-0.4, -0.2) is 28.1 Å². The quantitative estimate of drug-likeness (QED) is 0.568. The Hall–Kier alpha value is -1.91. The molecule has 0 fully saturated rings. The van der Waals surface area contributed by atoms with E-state index in [9.17, 15) is 8.42 Å². The van der Waals surface area contributed by atoms with E-state index in [1.807, 2.05) is 11.5 Å². The highest BCUT2D eigenvalue weighted by molar-refractivity contribution is 7.98. The summed E-state index contributed by atoms with van der Waals surface area (Å²) in [6.07, 6.45) is 1.82. The van der Waals surface area contributed by atoms with Gasteiger partial charge >= 0.3 is 0 Å². The molecular formula is C17H23N5O3S2. The van der Waals surface area contributed by atoms with E-state index in [4.69, 9.17) is 9.66 Å². The average Bonchev–Trinajstić information content (AvgIpc) is 3.20. The van der Waals surface area contributed by atoms with Gasteiger partial charge in [-0.25, -0.2) is 18.5 Å². The monoisotopic (exact) mass is 409 g/mol. The van der Waals surface area contributed by atoms with Crippen molar-refractivity contribution in [2.45, 2.75) is 56.0 Å². The van der Waals surface area contributed by atoms with Gasteiger partial charge in [0.15, 0.2) is 11.0 Å². The molecule has 1 aromatic carbocycles. The fraction of sp³-hybridized carbons (Fsp3) is 0.471. The molecule has 0 aliphatic rings. The van der Waals surface area contributed by atoms with Gasteiger partial charge in [0, 0.05) is 13.0 Å². The van der Waals surface area contributed by atoms with Crippen LogP contribution in [0, 0.1) is 5.92 Å². The summed E-state index contributed by atoms with van der Waals surface area (Å²) in [4.78, 5) is 9.03. The van der Waals surface area contributed by atoms with E-state index in [0.717, 1.165) is 29.3 Å². The largest absolute Gasteiger partial charge is 0.338 e. The van der Waals surface area contributed by atoms with E-state index in [-0.39, 0.29) is 4.90 Å². The van der Waals surface area contributed by atoms with Crippen molar-refractivity contribution in [1.82, 2.24) is 19.7 Å². The van der Waals surface area contributed by atoms with Crippen LogP contribution in [0.15, 0.2) is 32.8 Å². The molecule has 0 spiro atoms. The van der Waals surface area contributed by atoms with E-state index in [0.29, 0.717) is 29.6 Å². The molecule has 2 heterocycles. The van der Waals surface area contributed by atoms with Crippen LogP contribution in [0.4, 0.5) is 0 Å². The summed E-state index contributed by atoms with van der Waals surface area (Å²) in [6.45, 7) is 7.04. The Morgan fingerprint density at radius 1 is 1.30 bits per heavy atom. The average molecular weight is 410 g/mol. The predicted octanol–water partition coefficient (Wildman–Crippen LogP) is 2.97. The number of hydrogen-bond donors (Lipinski definition) is 1. The number of nitrogens with two attached hydrogens (primary N) is 1. The first kappa shape index (κ1) is 19.8. The van der Waals surface area contributed by atoms with Crippen LogP contribution in [0.5, 0.6) is 0 Å². The minimum atomic E-state index is -3.76. The summed E-state index contributed by atoms with van der Waals surface area (Å²) >= 11 is 1.48. The molecule has 0 aliphatic carbocycles. The van der Waals surface area contributed by atoms with Gasteiger partial charge in [-0.1, -0.05) is 30.8 Å². The van der Waals surface area contributed by atoms with Gasteiger partial charge in [0.1, 0.15) is 0 Å². The standard InChI is InChI=1S/C17H23N5O3S2/c1-4-22-14-7-6-12(27(18,23)24)9-13(14)19-17(22)26-10-16-20-15(21-25-16)8-5-11(2)3/h6-7,9,11H,4-5,8,10H2,1-3H3,(H2,18,23,24). The minimum Gasteiger partial charge on any atom is -0.338 e. The maximum atomic E-state index is 11.6. The fourth-order valence-electron chi connectivity index (χ4n) is 2.67. The molecule has 0 saturated carbocycles. The number of imidazole rings is 1. The van der Waals surface area contributed by atoms with Gasteiger partial charge in [0.2, 0.25) is 15.9 Å². The highest BCUT2D eigenvalue weighted by atomic mass is 32.2. The Morgan fingerprint density at radius 3 is 2.74 bits per heavy atom. The van der Waals surface area contributed by atoms with E-state index in [1.165, 1.54) is 23.9 Å². The number of sulfonamides is 1. The maximum absolute atomic E-state index is 11.6. The van der Waals surface area contributed by atoms with Crippen LogP contribution >= 0.6 is 11.8 Å². The zero-order valence-electron chi connectivity index (χ0n) is 15.5. The van der Waals surface area contributed by atoms with Crippen LogP contribution in [0.3, 0.4) is 0 Å². The second kappa shape index (κ2) is 7.99. The number of nitrogens with zero attached hydrogens (tertiary/aromatic N) is 4. The number of fused-ring (bicyclic) bond motifs is 1. The number of rotatable bonds is 8. The third-order valence-corrected chi connectivity index (χ3v) is 5.98. The number of hydrogen-bond acceptors (Lipinski definition) is 7. The summed E-state index contributed by atoms with van der Waals surface area (Å²) in [7, 11) is -3.76. The fourth-order valence-corrected chi connectivity index (χ4v) is 4.12. The van der Waals surface area contributed by atoms with Crippen molar-refractivity contribution in [2.24, 2.45) is 11.1 Å². The molecule has 0 unspecified atom stereocenters.